The molecule has 1 aliphatic rings. The molecule has 216 valence electrons. The highest BCUT2D eigenvalue weighted by molar-refractivity contribution is 6.32. The fourth-order valence-electron chi connectivity index (χ4n) is 3.83. The summed E-state index contributed by atoms with van der Waals surface area (Å²) < 4.78 is 9.93. The summed E-state index contributed by atoms with van der Waals surface area (Å²) in [7, 11) is 0. The number of hydrogen-bond acceptors (Lipinski definition) is 8. The first-order chi connectivity index (χ1) is 19.9. The van der Waals surface area contributed by atoms with Crippen molar-refractivity contribution in [2.75, 3.05) is 30.4 Å². The molecule has 0 spiro atoms. The number of fused-ring (bicyclic) bond motifs is 1. The fourth-order valence-corrected chi connectivity index (χ4v) is 4.19. The maximum Gasteiger partial charge on any atom is 0.338 e. The molecule has 0 fully saturated rings. The molecule has 0 atom stereocenters. The highest BCUT2D eigenvalue weighted by Gasteiger charge is 2.37. The second-order valence-electron chi connectivity index (χ2n) is 9.22. The smallest absolute Gasteiger partial charge is 0.338 e. The van der Waals surface area contributed by atoms with Gasteiger partial charge in [0.05, 0.1) is 16.7 Å². The van der Waals surface area contributed by atoms with Crippen LogP contribution in [-0.2, 0) is 23.9 Å². The van der Waals surface area contributed by atoms with E-state index in [1.54, 1.807) is 44.2 Å². The van der Waals surface area contributed by atoms with Gasteiger partial charge < -0.3 is 20.1 Å². The van der Waals surface area contributed by atoms with Crippen LogP contribution in [0.5, 0.6) is 0 Å². The number of halogens is 2. The number of amides is 4. The standard InChI is InChI=1S/C29H23Cl2N3O8/c1-15-3-6-18(10-22(15)30)32-24(35)13-41-26(37)12-34-27(38)20-8-5-17(9-21(20)28(34)39)29(40)42-14-25(36)33-19-7-4-16(2)23(31)11-19/h3-11H,12-14H2,1-2H3,(H,32,35)(H,33,36). The zero-order valence-electron chi connectivity index (χ0n) is 22.3. The van der Waals surface area contributed by atoms with E-state index in [1.165, 1.54) is 18.2 Å². The molecule has 0 unspecified atom stereocenters. The molecule has 11 nitrogen and oxygen atoms in total. The average Bonchev–Trinajstić information content (AvgIpc) is 3.18. The first-order valence-electron chi connectivity index (χ1n) is 12.4. The van der Waals surface area contributed by atoms with Gasteiger partial charge in [-0.2, -0.15) is 0 Å². The van der Waals surface area contributed by atoms with Gasteiger partial charge in [-0.25, -0.2) is 4.79 Å². The van der Waals surface area contributed by atoms with Crippen molar-refractivity contribution in [3.63, 3.8) is 0 Å². The maximum absolute atomic E-state index is 12.9. The third kappa shape index (κ3) is 7.12. The van der Waals surface area contributed by atoms with Crippen molar-refractivity contribution in [2.45, 2.75) is 13.8 Å². The summed E-state index contributed by atoms with van der Waals surface area (Å²) >= 11 is 12.1. The summed E-state index contributed by atoms with van der Waals surface area (Å²) in [4.78, 5) is 75.3. The summed E-state index contributed by atoms with van der Waals surface area (Å²) in [5, 5.41) is 5.97. The molecule has 2 N–H and O–H groups in total. The molecule has 3 aromatic carbocycles. The first kappa shape index (κ1) is 30.2. The van der Waals surface area contributed by atoms with Gasteiger partial charge in [-0.05, 0) is 67.4 Å². The van der Waals surface area contributed by atoms with Crippen molar-refractivity contribution >= 4 is 70.1 Å². The molecular weight excluding hydrogens is 589 g/mol. The van der Waals surface area contributed by atoms with Gasteiger partial charge >= 0.3 is 11.9 Å². The lowest BCUT2D eigenvalue weighted by Gasteiger charge is -2.13. The van der Waals surface area contributed by atoms with Crippen molar-refractivity contribution in [1.82, 2.24) is 4.90 Å². The lowest BCUT2D eigenvalue weighted by atomic mass is 10.1. The van der Waals surface area contributed by atoms with Gasteiger partial charge in [-0.1, -0.05) is 35.3 Å². The van der Waals surface area contributed by atoms with E-state index in [1.807, 2.05) is 0 Å². The molecule has 13 heteroatoms. The SMILES string of the molecule is Cc1ccc(NC(=O)COC(=O)CN2C(=O)c3ccc(C(=O)OCC(=O)Nc4ccc(C)c(Cl)c4)cc3C2=O)cc1Cl. The Bertz CT molecular complexity index is 1640. The van der Waals surface area contributed by atoms with Gasteiger partial charge in [0, 0.05) is 21.4 Å². The molecule has 0 bridgehead atoms. The number of carbonyl (C=O) groups excluding carboxylic acids is 6. The zero-order valence-corrected chi connectivity index (χ0v) is 23.8. The van der Waals surface area contributed by atoms with Crippen LogP contribution in [0.4, 0.5) is 11.4 Å². The Balaban J connectivity index is 1.29. The maximum atomic E-state index is 12.9. The minimum absolute atomic E-state index is 0.0349. The average molecular weight is 612 g/mol. The predicted molar refractivity (Wildman–Crippen MR) is 153 cm³/mol. The Morgan fingerprint density at radius 3 is 1.79 bits per heavy atom. The van der Waals surface area contributed by atoms with E-state index in [2.05, 4.69) is 10.6 Å². The predicted octanol–water partition coefficient (Wildman–Crippen LogP) is 4.18. The first-order valence-corrected chi connectivity index (χ1v) is 13.1. The largest absolute Gasteiger partial charge is 0.454 e. The van der Waals surface area contributed by atoms with E-state index >= 15 is 0 Å². The van der Waals surface area contributed by atoms with Crippen molar-refractivity contribution in [3.8, 4) is 0 Å². The van der Waals surface area contributed by atoms with Crippen molar-refractivity contribution in [2.24, 2.45) is 0 Å². The topological polar surface area (TPSA) is 148 Å². The lowest BCUT2D eigenvalue weighted by molar-refractivity contribution is -0.147. The number of nitrogens with zero attached hydrogens (tertiary/aromatic N) is 1. The number of esters is 2. The van der Waals surface area contributed by atoms with Crippen LogP contribution in [-0.4, -0.2) is 60.2 Å². The molecule has 3 aromatic rings. The summed E-state index contributed by atoms with van der Waals surface area (Å²) in [6.45, 7) is 1.58. The number of nitrogens with one attached hydrogen (secondary N) is 2. The third-order valence-corrected chi connectivity index (χ3v) is 6.92. The molecule has 1 heterocycles. The van der Waals surface area contributed by atoms with E-state index in [-0.39, 0.29) is 16.7 Å². The zero-order chi connectivity index (χ0) is 30.6. The second kappa shape index (κ2) is 12.8. The number of aryl methyl sites for hydroxylation is 2. The molecule has 4 amide bonds. The van der Waals surface area contributed by atoms with E-state index in [0.717, 1.165) is 17.2 Å². The van der Waals surface area contributed by atoms with Crippen LogP contribution in [0.15, 0.2) is 54.6 Å². The van der Waals surface area contributed by atoms with Crippen LogP contribution in [0.25, 0.3) is 0 Å². The lowest BCUT2D eigenvalue weighted by Crippen LogP contribution is -2.36. The number of rotatable bonds is 9. The second-order valence-corrected chi connectivity index (χ2v) is 10.0. The van der Waals surface area contributed by atoms with Gasteiger partial charge in [-0.15, -0.1) is 0 Å². The minimum atomic E-state index is -0.998. The summed E-state index contributed by atoms with van der Waals surface area (Å²) in [5.74, 6) is -4.78. The van der Waals surface area contributed by atoms with Crippen LogP contribution in [0.3, 0.4) is 0 Å². The number of carbonyl (C=O) groups is 6. The summed E-state index contributed by atoms with van der Waals surface area (Å²) in [6, 6.07) is 13.4. The van der Waals surface area contributed by atoms with Crippen molar-refractivity contribution in [1.29, 1.82) is 0 Å². The molecule has 0 aliphatic carbocycles. The fraction of sp³-hybridized carbons (Fsp3) is 0.172. The van der Waals surface area contributed by atoms with E-state index < -0.39 is 55.3 Å². The van der Waals surface area contributed by atoms with Crippen molar-refractivity contribution < 1.29 is 38.2 Å². The molecule has 42 heavy (non-hydrogen) atoms. The van der Waals surface area contributed by atoms with Gasteiger partial charge in [0.2, 0.25) is 0 Å². The van der Waals surface area contributed by atoms with E-state index in [4.69, 9.17) is 32.7 Å². The quantitative estimate of drug-likeness (QED) is 0.270. The number of hydrogen-bond donors (Lipinski definition) is 2. The van der Waals surface area contributed by atoms with Crippen molar-refractivity contribution in [3.05, 3.63) is 92.5 Å². The van der Waals surface area contributed by atoms with Gasteiger partial charge in [-0.3, -0.25) is 28.9 Å². The van der Waals surface area contributed by atoms with Crippen LogP contribution < -0.4 is 10.6 Å². The molecule has 0 radical (unpaired) electrons. The normalized spacial score (nSPS) is 12.0. The number of imide groups is 1. The van der Waals surface area contributed by atoms with Crippen LogP contribution in [0, 0.1) is 13.8 Å². The Hall–Kier alpha value is -4.74. The van der Waals surface area contributed by atoms with Crippen LogP contribution in [0.1, 0.15) is 42.2 Å². The van der Waals surface area contributed by atoms with Crippen LogP contribution in [0.2, 0.25) is 10.0 Å². The van der Waals surface area contributed by atoms with Gasteiger partial charge in [0.15, 0.2) is 13.2 Å². The highest BCUT2D eigenvalue weighted by Crippen LogP contribution is 2.25. The highest BCUT2D eigenvalue weighted by atomic mass is 35.5. The molecular formula is C29H23Cl2N3O8. The van der Waals surface area contributed by atoms with Gasteiger partial charge in [0.1, 0.15) is 6.54 Å². The molecule has 0 saturated heterocycles. The Morgan fingerprint density at radius 2 is 1.24 bits per heavy atom. The Morgan fingerprint density at radius 1 is 0.714 bits per heavy atom. The minimum Gasteiger partial charge on any atom is -0.454 e. The number of anilines is 2. The number of ether oxygens (including phenoxy) is 2. The molecule has 1 aliphatic heterocycles. The summed E-state index contributed by atoms with van der Waals surface area (Å²) in [6.07, 6.45) is 0. The molecule has 0 saturated carbocycles. The Kier molecular flexibility index (Phi) is 9.24. The van der Waals surface area contributed by atoms with Gasteiger partial charge in [0.25, 0.3) is 23.6 Å². The third-order valence-electron chi connectivity index (χ3n) is 6.10. The summed E-state index contributed by atoms with van der Waals surface area (Å²) in [5.41, 5.74) is 2.22. The van der Waals surface area contributed by atoms with E-state index in [9.17, 15) is 28.8 Å². The molecule has 0 aromatic heterocycles. The van der Waals surface area contributed by atoms with Crippen LogP contribution >= 0.6 is 23.2 Å². The van der Waals surface area contributed by atoms with E-state index in [0.29, 0.717) is 26.3 Å². The molecule has 4 rings (SSSR count). The monoisotopic (exact) mass is 611 g/mol. The Labute approximate surface area is 249 Å². The number of benzene rings is 3.